The Labute approximate surface area is 115 Å². The molecule has 1 aromatic rings. The quantitative estimate of drug-likeness (QED) is 0.853. The van der Waals surface area contributed by atoms with Gasteiger partial charge in [-0.25, -0.2) is 8.42 Å². The van der Waals surface area contributed by atoms with Gasteiger partial charge in [0.25, 0.3) is 0 Å². The summed E-state index contributed by atoms with van der Waals surface area (Å²) >= 11 is 0. The highest BCUT2D eigenvalue weighted by atomic mass is 32.2. The summed E-state index contributed by atoms with van der Waals surface area (Å²) in [7, 11) is -3.36. The number of ether oxygens (including phenoxy) is 1. The summed E-state index contributed by atoms with van der Waals surface area (Å²) in [6.07, 6.45) is 1.96. The maximum absolute atomic E-state index is 12.5. The fourth-order valence-corrected chi connectivity index (χ4v) is 4.06. The molecule has 1 unspecified atom stereocenters. The van der Waals surface area contributed by atoms with Gasteiger partial charge in [0.15, 0.2) is 0 Å². The van der Waals surface area contributed by atoms with E-state index >= 15 is 0 Å². The SMILES string of the molecule is CC(C)Oc1ccc(S(=O)(=O)N2CCCC2C)cc1. The summed E-state index contributed by atoms with van der Waals surface area (Å²) in [6.45, 7) is 6.46. The Balaban J connectivity index is 2.21. The van der Waals surface area contributed by atoms with Crippen molar-refractivity contribution in [3.05, 3.63) is 24.3 Å². The molecule has 1 aliphatic heterocycles. The zero-order valence-corrected chi connectivity index (χ0v) is 12.5. The van der Waals surface area contributed by atoms with Gasteiger partial charge in [-0.05, 0) is 57.9 Å². The van der Waals surface area contributed by atoms with Gasteiger partial charge in [0.2, 0.25) is 10.0 Å². The van der Waals surface area contributed by atoms with Crippen LogP contribution >= 0.6 is 0 Å². The highest BCUT2D eigenvalue weighted by Gasteiger charge is 2.32. The van der Waals surface area contributed by atoms with Crippen LogP contribution in [0.3, 0.4) is 0 Å². The van der Waals surface area contributed by atoms with Gasteiger partial charge in [-0.3, -0.25) is 0 Å². The molecule has 1 aliphatic rings. The van der Waals surface area contributed by atoms with Crippen molar-refractivity contribution in [2.45, 2.75) is 50.7 Å². The molecule has 0 amide bonds. The number of hydrogen-bond donors (Lipinski definition) is 0. The Morgan fingerprint density at radius 2 is 1.89 bits per heavy atom. The van der Waals surface area contributed by atoms with Gasteiger partial charge in [-0.2, -0.15) is 4.31 Å². The van der Waals surface area contributed by atoms with Crippen LogP contribution in [-0.2, 0) is 10.0 Å². The van der Waals surface area contributed by atoms with E-state index in [0.29, 0.717) is 17.2 Å². The van der Waals surface area contributed by atoms with E-state index in [2.05, 4.69) is 0 Å². The first-order valence-corrected chi connectivity index (χ1v) is 8.14. The lowest BCUT2D eigenvalue weighted by Crippen LogP contribution is -2.33. The first-order chi connectivity index (χ1) is 8.91. The van der Waals surface area contributed by atoms with Crippen LogP contribution < -0.4 is 4.74 Å². The van der Waals surface area contributed by atoms with E-state index in [1.807, 2.05) is 20.8 Å². The van der Waals surface area contributed by atoms with Crippen LogP contribution in [0.25, 0.3) is 0 Å². The molecule has 1 saturated heterocycles. The smallest absolute Gasteiger partial charge is 0.243 e. The van der Waals surface area contributed by atoms with Crippen LogP contribution in [0, 0.1) is 0 Å². The monoisotopic (exact) mass is 283 g/mol. The third kappa shape index (κ3) is 3.09. The zero-order chi connectivity index (χ0) is 14.0. The van der Waals surface area contributed by atoms with Gasteiger partial charge in [-0.1, -0.05) is 0 Å². The van der Waals surface area contributed by atoms with Gasteiger partial charge in [0.05, 0.1) is 11.0 Å². The molecule has 106 valence electrons. The predicted molar refractivity (Wildman–Crippen MR) is 74.8 cm³/mol. The van der Waals surface area contributed by atoms with Gasteiger partial charge >= 0.3 is 0 Å². The number of rotatable bonds is 4. The molecule has 4 nitrogen and oxygen atoms in total. The molecule has 1 fully saturated rings. The minimum absolute atomic E-state index is 0.0843. The van der Waals surface area contributed by atoms with Crippen LogP contribution in [0.4, 0.5) is 0 Å². The largest absolute Gasteiger partial charge is 0.491 e. The molecule has 1 heterocycles. The highest BCUT2D eigenvalue weighted by molar-refractivity contribution is 7.89. The molecular formula is C14H21NO3S. The standard InChI is InChI=1S/C14H21NO3S/c1-11(2)18-13-6-8-14(9-7-13)19(16,17)15-10-4-5-12(15)3/h6-9,11-12H,4-5,10H2,1-3H3. The molecule has 0 saturated carbocycles. The third-order valence-corrected chi connectivity index (χ3v) is 5.32. The van der Waals surface area contributed by atoms with Crippen molar-refractivity contribution < 1.29 is 13.2 Å². The fraction of sp³-hybridized carbons (Fsp3) is 0.571. The second-order valence-corrected chi connectivity index (χ2v) is 7.14. The van der Waals surface area contributed by atoms with Crippen LogP contribution in [0.1, 0.15) is 33.6 Å². The summed E-state index contributed by atoms with van der Waals surface area (Å²) in [6, 6.07) is 6.77. The Morgan fingerprint density at radius 1 is 1.26 bits per heavy atom. The van der Waals surface area contributed by atoms with Crippen molar-refractivity contribution in [2.75, 3.05) is 6.54 Å². The van der Waals surface area contributed by atoms with Crippen molar-refractivity contribution in [1.29, 1.82) is 0 Å². The lowest BCUT2D eigenvalue weighted by Gasteiger charge is -2.21. The van der Waals surface area contributed by atoms with Crippen molar-refractivity contribution in [1.82, 2.24) is 4.31 Å². The van der Waals surface area contributed by atoms with E-state index in [1.54, 1.807) is 28.6 Å². The minimum Gasteiger partial charge on any atom is -0.491 e. The summed E-state index contributed by atoms with van der Waals surface area (Å²) in [4.78, 5) is 0.345. The maximum atomic E-state index is 12.5. The van der Waals surface area contributed by atoms with Crippen molar-refractivity contribution in [2.24, 2.45) is 0 Å². The lowest BCUT2D eigenvalue weighted by molar-refractivity contribution is 0.242. The van der Waals surface area contributed by atoms with Crippen LogP contribution in [0.5, 0.6) is 5.75 Å². The second kappa shape index (κ2) is 5.51. The fourth-order valence-electron chi connectivity index (χ4n) is 2.36. The van der Waals surface area contributed by atoms with Gasteiger partial charge in [0, 0.05) is 12.6 Å². The molecule has 1 aromatic carbocycles. The van der Waals surface area contributed by atoms with Crippen LogP contribution in [0.2, 0.25) is 0 Å². The third-order valence-electron chi connectivity index (χ3n) is 3.29. The van der Waals surface area contributed by atoms with E-state index in [-0.39, 0.29) is 12.1 Å². The number of benzene rings is 1. The first-order valence-electron chi connectivity index (χ1n) is 6.70. The molecule has 1 atom stereocenters. The maximum Gasteiger partial charge on any atom is 0.243 e. The molecule has 0 aliphatic carbocycles. The molecule has 0 bridgehead atoms. The average Bonchev–Trinajstić information content (AvgIpc) is 2.76. The molecule has 0 N–H and O–H groups in total. The summed E-state index contributed by atoms with van der Waals surface area (Å²) in [5.41, 5.74) is 0. The van der Waals surface area contributed by atoms with Crippen molar-refractivity contribution in [3.8, 4) is 5.75 Å². The van der Waals surface area contributed by atoms with Gasteiger partial charge in [-0.15, -0.1) is 0 Å². The van der Waals surface area contributed by atoms with Crippen molar-refractivity contribution >= 4 is 10.0 Å². The van der Waals surface area contributed by atoms with E-state index in [4.69, 9.17) is 4.74 Å². The van der Waals surface area contributed by atoms with Crippen molar-refractivity contribution in [3.63, 3.8) is 0 Å². The Hall–Kier alpha value is -1.07. The minimum atomic E-state index is -3.36. The normalized spacial score (nSPS) is 20.9. The van der Waals surface area contributed by atoms with E-state index < -0.39 is 10.0 Å². The van der Waals surface area contributed by atoms with E-state index in [9.17, 15) is 8.42 Å². The van der Waals surface area contributed by atoms with E-state index in [0.717, 1.165) is 12.8 Å². The molecule has 0 radical (unpaired) electrons. The Bertz CT molecular complexity index is 522. The number of sulfonamides is 1. The van der Waals surface area contributed by atoms with Crippen LogP contribution in [0.15, 0.2) is 29.2 Å². The highest BCUT2D eigenvalue weighted by Crippen LogP contribution is 2.26. The molecule has 0 aromatic heterocycles. The Morgan fingerprint density at radius 3 is 2.37 bits per heavy atom. The molecule has 0 spiro atoms. The van der Waals surface area contributed by atoms with E-state index in [1.165, 1.54) is 0 Å². The number of hydrogen-bond acceptors (Lipinski definition) is 3. The molecule has 5 heteroatoms. The zero-order valence-electron chi connectivity index (χ0n) is 11.7. The van der Waals surface area contributed by atoms with Gasteiger partial charge in [0.1, 0.15) is 5.75 Å². The van der Waals surface area contributed by atoms with Crippen LogP contribution in [-0.4, -0.2) is 31.4 Å². The first kappa shape index (κ1) is 14.3. The summed E-state index contributed by atoms with van der Waals surface area (Å²) in [5, 5.41) is 0. The molecule has 2 rings (SSSR count). The number of nitrogens with zero attached hydrogens (tertiary/aromatic N) is 1. The predicted octanol–water partition coefficient (Wildman–Crippen LogP) is 2.65. The summed E-state index contributed by atoms with van der Waals surface area (Å²) < 4.78 is 32.0. The molecular weight excluding hydrogens is 262 g/mol. The molecule has 19 heavy (non-hydrogen) atoms. The topological polar surface area (TPSA) is 46.6 Å². The Kier molecular flexibility index (Phi) is 4.16. The lowest BCUT2D eigenvalue weighted by atomic mass is 10.3. The summed E-state index contributed by atoms with van der Waals surface area (Å²) in [5.74, 6) is 0.698. The average molecular weight is 283 g/mol. The van der Waals surface area contributed by atoms with Gasteiger partial charge < -0.3 is 4.74 Å². The second-order valence-electron chi connectivity index (χ2n) is 5.25.